The zero-order valence-corrected chi connectivity index (χ0v) is 11.6. The van der Waals surface area contributed by atoms with Crippen LogP contribution in [-0.2, 0) is 9.53 Å². The summed E-state index contributed by atoms with van der Waals surface area (Å²) in [5.41, 5.74) is -0.323. The number of aliphatic hydroxyl groups excluding tert-OH is 1. The first-order valence-electron chi connectivity index (χ1n) is 6.78. The van der Waals surface area contributed by atoms with Crippen LogP contribution in [0.3, 0.4) is 0 Å². The van der Waals surface area contributed by atoms with Crippen LogP contribution in [0.15, 0.2) is 0 Å². The molecular formula is C14H28O3. The summed E-state index contributed by atoms with van der Waals surface area (Å²) in [6.07, 6.45) is 7.55. The van der Waals surface area contributed by atoms with Crippen LogP contribution in [0.2, 0.25) is 0 Å². The second-order valence-electron chi connectivity index (χ2n) is 5.50. The fraction of sp³-hybridized carbons (Fsp3) is 0.929. The average Bonchev–Trinajstić information content (AvgIpc) is 2.31. The Bertz CT molecular complexity index is 200. The van der Waals surface area contributed by atoms with Gasteiger partial charge in [-0.1, -0.05) is 52.9 Å². The van der Waals surface area contributed by atoms with Crippen molar-refractivity contribution in [1.29, 1.82) is 0 Å². The topological polar surface area (TPSA) is 46.5 Å². The molecule has 17 heavy (non-hydrogen) atoms. The van der Waals surface area contributed by atoms with Crippen LogP contribution < -0.4 is 0 Å². The van der Waals surface area contributed by atoms with Gasteiger partial charge in [0.05, 0.1) is 13.2 Å². The maximum absolute atomic E-state index is 11.4. The summed E-state index contributed by atoms with van der Waals surface area (Å²) >= 11 is 0. The van der Waals surface area contributed by atoms with Crippen LogP contribution in [0.1, 0.15) is 65.7 Å². The normalized spacial score (nSPS) is 11.5. The average molecular weight is 244 g/mol. The highest BCUT2D eigenvalue weighted by Gasteiger charge is 2.18. The molecule has 1 N–H and O–H groups in total. The molecule has 0 aliphatic carbocycles. The van der Waals surface area contributed by atoms with Crippen LogP contribution in [-0.4, -0.2) is 24.3 Å². The van der Waals surface area contributed by atoms with Gasteiger partial charge in [0, 0.05) is 11.8 Å². The minimum atomic E-state index is -0.323. The first-order chi connectivity index (χ1) is 8.02. The molecule has 0 amide bonds. The summed E-state index contributed by atoms with van der Waals surface area (Å²) < 4.78 is 5.13. The molecule has 0 saturated carbocycles. The highest BCUT2D eigenvalue weighted by molar-refractivity contribution is 5.69. The summed E-state index contributed by atoms with van der Waals surface area (Å²) in [5, 5.41) is 9.01. The number of carbonyl (C=O) groups excluding carboxylic acids is 1. The van der Waals surface area contributed by atoms with Gasteiger partial charge in [-0.2, -0.15) is 0 Å². The molecule has 0 aromatic heterocycles. The lowest BCUT2D eigenvalue weighted by molar-refractivity contribution is -0.147. The summed E-state index contributed by atoms with van der Waals surface area (Å²) in [4.78, 5) is 11.4. The predicted molar refractivity (Wildman–Crippen MR) is 69.8 cm³/mol. The van der Waals surface area contributed by atoms with Crippen molar-refractivity contribution in [3.8, 4) is 0 Å². The molecular weight excluding hydrogens is 216 g/mol. The van der Waals surface area contributed by atoms with E-state index in [0.29, 0.717) is 13.0 Å². The van der Waals surface area contributed by atoms with Gasteiger partial charge in [-0.15, -0.1) is 0 Å². The third kappa shape index (κ3) is 10.3. The van der Waals surface area contributed by atoms with E-state index in [0.717, 1.165) is 12.8 Å². The lowest BCUT2D eigenvalue weighted by Crippen LogP contribution is -2.25. The number of esters is 1. The van der Waals surface area contributed by atoms with Gasteiger partial charge >= 0.3 is 5.97 Å². The molecule has 0 unspecified atom stereocenters. The van der Waals surface area contributed by atoms with Crippen molar-refractivity contribution in [3.05, 3.63) is 0 Å². The van der Waals surface area contributed by atoms with Gasteiger partial charge < -0.3 is 9.84 Å². The standard InChI is InChI=1S/C14H28O3/c1-4-5-6-7-8-9-10-13(16)17-12-14(2,3)11-15/h15H,4-12H2,1-3H3. The second kappa shape index (κ2) is 9.46. The first kappa shape index (κ1) is 16.4. The number of aliphatic hydroxyl groups is 1. The van der Waals surface area contributed by atoms with E-state index in [1.165, 1.54) is 25.7 Å². The summed E-state index contributed by atoms with van der Waals surface area (Å²) in [6, 6.07) is 0. The first-order valence-corrected chi connectivity index (χ1v) is 6.78. The summed E-state index contributed by atoms with van der Waals surface area (Å²) in [6.45, 7) is 6.30. The van der Waals surface area contributed by atoms with Crippen LogP contribution in [0.4, 0.5) is 0 Å². The molecule has 0 fully saturated rings. The zero-order valence-electron chi connectivity index (χ0n) is 11.6. The largest absolute Gasteiger partial charge is 0.465 e. The van der Waals surface area contributed by atoms with E-state index in [9.17, 15) is 4.79 Å². The van der Waals surface area contributed by atoms with Crippen molar-refractivity contribution in [2.45, 2.75) is 65.7 Å². The van der Waals surface area contributed by atoms with E-state index in [4.69, 9.17) is 9.84 Å². The van der Waals surface area contributed by atoms with Gasteiger partial charge in [0.2, 0.25) is 0 Å². The van der Waals surface area contributed by atoms with Crippen molar-refractivity contribution in [2.75, 3.05) is 13.2 Å². The summed E-state index contributed by atoms with van der Waals surface area (Å²) in [5.74, 6) is -0.137. The molecule has 0 saturated heterocycles. The molecule has 0 atom stereocenters. The molecule has 0 heterocycles. The van der Waals surface area contributed by atoms with Crippen molar-refractivity contribution in [3.63, 3.8) is 0 Å². The van der Waals surface area contributed by atoms with E-state index in [1.807, 2.05) is 13.8 Å². The van der Waals surface area contributed by atoms with E-state index in [-0.39, 0.29) is 18.0 Å². The molecule has 0 aliphatic heterocycles. The van der Waals surface area contributed by atoms with Gasteiger partial charge in [0.15, 0.2) is 0 Å². The molecule has 0 bridgehead atoms. The molecule has 3 nitrogen and oxygen atoms in total. The summed E-state index contributed by atoms with van der Waals surface area (Å²) in [7, 11) is 0. The zero-order chi connectivity index (χ0) is 13.1. The SMILES string of the molecule is CCCCCCCCC(=O)OCC(C)(C)CO. The highest BCUT2D eigenvalue weighted by Crippen LogP contribution is 2.14. The van der Waals surface area contributed by atoms with E-state index in [2.05, 4.69) is 6.92 Å². The quantitative estimate of drug-likeness (QED) is 0.474. The van der Waals surface area contributed by atoms with Crippen LogP contribution >= 0.6 is 0 Å². The lowest BCUT2D eigenvalue weighted by atomic mass is 9.96. The fourth-order valence-electron chi connectivity index (χ4n) is 1.44. The van der Waals surface area contributed by atoms with Crippen molar-refractivity contribution < 1.29 is 14.6 Å². The number of ether oxygens (including phenoxy) is 1. The smallest absolute Gasteiger partial charge is 0.305 e. The van der Waals surface area contributed by atoms with E-state index < -0.39 is 0 Å². The number of hydrogen-bond acceptors (Lipinski definition) is 3. The van der Waals surface area contributed by atoms with Gasteiger partial charge in [0.25, 0.3) is 0 Å². The van der Waals surface area contributed by atoms with Crippen LogP contribution in [0.5, 0.6) is 0 Å². The van der Waals surface area contributed by atoms with E-state index >= 15 is 0 Å². The molecule has 0 spiro atoms. The van der Waals surface area contributed by atoms with Crippen molar-refractivity contribution >= 4 is 5.97 Å². The molecule has 0 aromatic rings. The number of carbonyl (C=O) groups is 1. The Morgan fingerprint density at radius 3 is 2.29 bits per heavy atom. The Labute approximate surface area is 106 Å². The highest BCUT2D eigenvalue weighted by atomic mass is 16.5. The lowest BCUT2D eigenvalue weighted by Gasteiger charge is -2.20. The Hall–Kier alpha value is -0.570. The predicted octanol–water partition coefficient (Wildman–Crippen LogP) is 3.30. The fourth-order valence-corrected chi connectivity index (χ4v) is 1.44. The monoisotopic (exact) mass is 244 g/mol. The Morgan fingerprint density at radius 2 is 1.71 bits per heavy atom. The van der Waals surface area contributed by atoms with Gasteiger partial charge in [-0.05, 0) is 6.42 Å². The maximum atomic E-state index is 11.4. The van der Waals surface area contributed by atoms with Crippen molar-refractivity contribution in [2.24, 2.45) is 5.41 Å². The van der Waals surface area contributed by atoms with Crippen LogP contribution in [0, 0.1) is 5.41 Å². The van der Waals surface area contributed by atoms with E-state index in [1.54, 1.807) is 0 Å². The molecule has 0 aromatic carbocycles. The van der Waals surface area contributed by atoms with Crippen molar-refractivity contribution in [1.82, 2.24) is 0 Å². The number of hydrogen-bond donors (Lipinski definition) is 1. The third-order valence-electron chi connectivity index (χ3n) is 2.79. The van der Waals surface area contributed by atoms with Gasteiger partial charge in [-0.3, -0.25) is 4.79 Å². The maximum Gasteiger partial charge on any atom is 0.305 e. The third-order valence-corrected chi connectivity index (χ3v) is 2.79. The Kier molecular flexibility index (Phi) is 9.14. The molecule has 0 rings (SSSR count). The van der Waals surface area contributed by atoms with Gasteiger partial charge in [0.1, 0.15) is 0 Å². The number of unbranched alkanes of at least 4 members (excludes halogenated alkanes) is 5. The minimum Gasteiger partial charge on any atom is -0.465 e. The van der Waals surface area contributed by atoms with Crippen LogP contribution in [0.25, 0.3) is 0 Å². The molecule has 102 valence electrons. The minimum absolute atomic E-state index is 0.0390. The molecule has 3 heteroatoms. The number of rotatable bonds is 10. The Balaban J connectivity index is 3.41. The molecule has 0 radical (unpaired) electrons. The van der Waals surface area contributed by atoms with Gasteiger partial charge in [-0.25, -0.2) is 0 Å². The molecule has 0 aliphatic rings. The second-order valence-corrected chi connectivity index (χ2v) is 5.50. The Morgan fingerprint density at radius 1 is 1.12 bits per heavy atom.